The minimum atomic E-state index is -0.266. The topological polar surface area (TPSA) is 13.1 Å². The van der Waals surface area contributed by atoms with Gasteiger partial charge in [0.2, 0.25) is 0 Å². The lowest BCUT2D eigenvalue weighted by atomic mass is 9.81. The Kier molecular flexibility index (Phi) is 9.31. The Hall–Kier alpha value is -9.44. The molecule has 348 valence electrons. The normalized spacial score (nSPS) is 12.8. The molecule has 0 unspecified atom stereocenters. The number of fused-ring (bicyclic) bond motifs is 11. The average molecular weight is 944 g/mol. The number of anilines is 3. The lowest BCUT2D eigenvalue weighted by Crippen LogP contribution is -2.17. The fraction of sp³-hybridized carbons (Fsp3) is 0.0423. The zero-order valence-corrected chi connectivity index (χ0v) is 41.2. The van der Waals surface area contributed by atoms with Crippen LogP contribution in [0, 0.1) is 0 Å². The molecule has 0 N–H and O–H groups in total. The second kappa shape index (κ2) is 16.3. The third-order valence-corrected chi connectivity index (χ3v) is 16.1. The van der Waals surface area contributed by atoms with E-state index in [4.69, 9.17) is 0 Å². The summed E-state index contributed by atoms with van der Waals surface area (Å²) >= 11 is 0. The van der Waals surface area contributed by atoms with E-state index in [1.54, 1.807) is 0 Å². The van der Waals surface area contributed by atoms with Gasteiger partial charge in [0.25, 0.3) is 0 Å². The molecule has 2 heterocycles. The summed E-state index contributed by atoms with van der Waals surface area (Å²) in [5, 5.41) is 9.85. The average Bonchev–Trinajstić information content (AvgIpc) is 4.06. The predicted molar refractivity (Wildman–Crippen MR) is 313 cm³/mol. The first kappa shape index (κ1) is 42.3. The highest BCUT2D eigenvalue weighted by molar-refractivity contribution is 6.14. The molecule has 12 aromatic carbocycles. The zero-order chi connectivity index (χ0) is 49.1. The molecule has 2 aromatic heterocycles. The van der Waals surface area contributed by atoms with Gasteiger partial charge in [-0.1, -0.05) is 190 Å². The van der Waals surface area contributed by atoms with E-state index in [0.717, 1.165) is 22.7 Å². The van der Waals surface area contributed by atoms with Gasteiger partial charge < -0.3 is 14.0 Å². The van der Waals surface area contributed by atoms with Gasteiger partial charge in [0.15, 0.2) is 0 Å². The molecular weight excluding hydrogens is 895 g/mol. The highest BCUT2D eigenvalue weighted by Crippen LogP contribution is 2.53. The summed E-state index contributed by atoms with van der Waals surface area (Å²) in [7, 11) is 0. The van der Waals surface area contributed by atoms with Crippen LogP contribution >= 0.6 is 0 Å². The van der Waals surface area contributed by atoms with Crippen molar-refractivity contribution < 1.29 is 0 Å². The Bertz CT molecular complexity index is 4570. The maximum absolute atomic E-state index is 2.51. The molecule has 0 saturated heterocycles. The Balaban J connectivity index is 0.865. The van der Waals surface area contributed by atoms with E-state index >= 15 is 0 Å². The van der Waals surface area contributed by atoms with Crippen LogP contribution in [-0.4, -0.2) is 9.13 Å². The summed E-state index contributed by atoms with van der Waals surface area (Å²) in [4.78, 5) is 2.51. The lowest BCUT2D eigenvalue weighted by molar-refractivity contribution is 0.660. The van der Waals surface area contributed by atoms with Crippen molar-refractivity contribution in [2.45, 2.75) is 19.3 Å². The summed E-state index contributed by atoms with van der Waals surface area (Å²) < 4.78 is 4.80. The van der Waals surface area contributed by atoms with Crippen LogP contribution in [0.3, 0.4) is 0 Å². The fourth-order valence-corrected chi connectivity index (χ4v) is 12.6. The number of benzene rings is 12. The van der Waals surface area contributed by atoms with Crippen LogP contribution in [0.15, 0.2) is 261 Å². The van der Waals surface area contributed by atoms with Gasteiger partial charge in [-0.2, -0.15) is 0 Å². The number of nitrogens with zero attached hydrogens (tertiary/aromatic N) is 3. The minimum Gasteiger partial charge on any atom is -0.309 e. The summed E-state index contributed by atoms with van der Waals surface area (Å²) in [6.07, 6.45) is 0. The standard InChI is InChI=1S/C71H49N3/c1-71(2)63-43-47(48-33-37-61-59-27-13-15-29-66(59)73(70(61)44-48)51-22-7-4-8-23-51)32-36-56(63)57-38-35-52(45-64(57)71)74(65-31-17-19-46-18-9-10-24-54(46)65)68-41-39-53(55-25-11-12-26-58(55)68)49-34-40-69-62(42-49)60-28-14-16-30-67(60)72(69)50-20-5-3-6-21-50/h3-45H,1-2H3. The lowest BCUT2D eigenvalue weighted by Gasteiger charge is -2.30. The SMILES string of the molecule is CC1(C)c2cc(-c3ccc4c5ccccc5n(-c5ccccc5)c4c3)ccc2-c2ccc(N(c3cccc4ccccc34)c3ccc(-c4ccc5c(c4)c4ccccc4n5-c4ccccc4)c4ccccc34)cc21. The number of para-hydroxylation sites is 4. The van der Waals surface area contributed by atoms with Crippen molar-refractivity contribution in [2.75, 3.05) is 4.90 Å². The maximum atomic E-state index is 2.51. The van der Waals surface area contributed by atoms with Crippen LogP contribution in [-0.2, 0) is 5.41 Å². The fourth-order valence-electron chi connectivity index (χ4n) is 12.6. The van der Waals surface area contributed by atoms with Crippen LogP contribution in [0.1, 0.15) is 25.0 Å². The molecule has 15 rings (SSSR count). The van der Waals surface area contributed by atoms with Crippen LogP contribution in [0.25, 0.3) is 110 Å². The van der Waals surface area contributed by atoms with Gasteiger partial charge in [0, 0.05) is 54.8 Å². The van der Waals surface area contributed by atoms with Gasteiger partial charge in [-0.15, -0.1) is 0 Å². The second-order valence-electron chi connectivity index (χ2n) is 20.5. The molecule has 74 heavy (non-hydrogen) atoms. The van der Waals surface area contributed by atoms with Gasteiger partial charge in [0.1, 0.15) is 0 Å². The Morgan fingerprint density at radius 1 is 0.297 bits per heavy atom. The molecule has 0 atom stereocenters. The molecule has 0 saturated carbocycles. The van der Waals surface area contributed by atoms with E-state index in [2.05, 4.69) is 289 Å². The first-order valence-corrected chi connectivity index (χ1v) is 25.8. The monoisotopic (exact) mass is 943 g/mol. The number of hydrogen-bond donors (Lipinski definition) is 0. The summed E-state index contributed by atoms with van der Waals surface area (Å²) in [5.41, 5.74) is 20.4. The molecule has 3 nitrogen and oxygen atoms in total. The molecule has 1 aliphatic rings. The van der Waals surface area contributed by atoms with Crippen molar-refractivity contribution in [1.82, 2.24) is 9.13 Å². The molecule has 0 spiro atoms. The summed E-state index contributed by atoms with van der Waals surface area (Å²) in [6, 6.07) is 96.5. The van der Waals surface area contributed by atoms with E-state index in [9.17, 15) is 0 Å². The molecular formula is C71H49N3. The van der Waals surface area contributed by atoms with Crippen molar-refractivity contribution in [3.63, 3.8) is 0 Å². The van der Waals surface area contributed by atoms with Crippen molar-refractivity contribution in [1.29, 1.82) is 0 Å². The third kappa shape index (κ3) is 6.33. The van der Waals surface area contributed by atoms with Gasteiger partial charge >= 0.3 is 0 Å². The first-order valence-electron chi connectivity index (χ1n) is 25.8. The Morgan fingerprint density at radius 3 is 1.54 bits per heavy atom. The summed E-state index contributed by atoms with van der Waals surface area (Å²) in [6.45, 7) is 4.81. The largest absolute Gasteiger partial charge is 0.309 e. The van der Waals surface area contributed by atoms with Gasteiger partial charge in [0.05, 0.1) is 33.4 Å². The molecule has 3 heteroatoms. The smallest absolute Gasteiger partial charge is 0.0547 e. The highest BCUT2D eigenvalue weighted by atomic mass is 15.1. The Morgan fingerprint density at radius 2 is 0.797 bits per heavy atom. The maximum Gasteiger partial charge on any atom is 0.0547 e. The molecule has 0 aliphatic heterocycles. The van der Waals surface area contributed by atoms with Crippen molar-refractivity contribution in [2.24, 2.45) is 0 Å². The van der Waals surface area contributed by atoms with Gasteiger partial charge in [-0.05, 0) is 140 Å². The van der Waals surface area contributed by atoms with Gasteiger partial charge in [-0.3, -0.25) is 0 Å². The van der Waals surface area contributed by atoms with E-state index in [-0.39, 0.29) is 5.41 Å². The van der Waals surface area contributed by atoms with Gasteiger partial charge in [-0.25, -0.2) is 0 Å². The molecule has 0 fully saturated rings. The van der Waals surface area contributed by atoms with Crippen LogP contribution in [0.4, 0.5) is 17.1 Å². The predicted octanol–water partition coefficient (Wildman–Crippen LogP) is 19.3. The van der Waals surface area contributed by atoms with Crippen LogP contribution in [0.5, 0.6) is 0 Å². The van der Waals surface area contributed by atoms with Crippen molar-refractivity contribution >= 4 is 82.2 Å². The van der Waals surface area contributed by atoms with Crippen molar-refractivity contribution in [3.8, 4) is 44.8 Å². The van der Waals surface area contributed by atoms with Crippen LogP contribution < -0.4 is 4.90 Å². The number of aromatic nitrogens is 2. The molecule has 14 aromatic rings. The third-order valence-electron chi connectivity index (χ3n) is 16.1. The van der Waals surface area contributed by atoms with E-state index in [1.165, 1.54) is 115 Å². The zero-order valence-electron chi connectivity index (χ0n) is 41.2. The first-order chi connectivity index (χ1) is 36.5. The molecule has 0 bridgehead atoms. The quantitative estimate of drug-likeness (QED) is 0.155. The van der Waals surface area contributed by atoms with E-state index in [0.29, 0.717) is 0 Å². The molecule has 0 radical (unpaired) electrons. The molecule has 1 aliphatic carbocycles. The highest BCUT2D eigenvalue weighted by Gasteiger charge is 2.37. The molecule has 0 amide bonds. The van der Waals surface area contributed by atoms with E-state index < -0.39 is 0 Å². The second-order valence-corrected chi connectivity index (χ2v) is 20.5. The number of rotatable bonds is 7. The summed E-state index contributed by atoms with van der Waals surface area (Å²) in [5.74, 6) is 0. The minimum absolute atomic E-state index is 0.266. The number of hydrogen-bond acceptors (Lipinski definition) is 1. The van der Waals surface area contributed by atoms with Crippen LogP contribution in [0.2, 0.25) is 0 Å². The Labute approximate surface area is 430 Å². The van der Waals surface area contributed by atoms with Crippen molar-refractivity contribution in [3.05, 3.63) is 272 Å². The van der Waals surface area contributed by atoms with E-state index in [1.807, 2.05) is 0 Å².